The first kappa shape index (κ1) is 14.7. The lowest BCUT2D eigenvalue weighted by Gasteiger charge is -2.44. The molecule has 1 fully saturated rings. The SMILES string of the molecule is CCOC(=O)C1CC(O[Si](C)(C)C(C)(C)C)C1. The van der Waals surface area contributed by atoms with Gasteiger partial charge in [-0.25, -0.2) is 0 Å². The molecule has 0 aliphatic heterocycles. The summed E-state index contributed by atoms with van der Waals surface area (Å²) >= 11 is 0. The monoisotopic (exact) mass is 258 g/mol. The standard InChI is InChI=1S/C13H26O3Si/c1-7-15-12(14)10-8-11(9-10)16-17(5,6)13(2,3)4/h10-11H,7-9H2,1-6H3. The summed E-state index contributed by atoms with van der Waals surface area (Å²) in [6, 6.07) is 0. The third-order valence-corrected chi connectivity index (χ3v) is 8.52. The van der Waals surface area contributed by atoms with Crippen LogP contribution in [0.25, 0.3) is 0 Å². The number of rotatable bonds is 4. The van der Waals surface area contributed by atoms with E-state index in [1.165, 1.54) is 0 Å². The number of ether oxygens (including phenoxy) is 1. The molecular weight excluding hydrogens is 232 g/mol. The van der Waals surface area contributed by atoms with Gasteiger partial charge in [-0.3, -0.25) is 4.79 Å². The molecule has 0 bridgehead atoms. The van der Waals surface area contributed by atoms with Crippen molar-refractivity contribution in [1.29, 1.82) is 0 Å². The summed E-state index contributed by atoms with van der Waals surface area (Å²) in [6.45, 7) is 13.5. The molecule has 0 saturated heterocycles. The fourth-order valence-electron chi connectivity index (χ4n) is 1.71. The van der Waals surface area contributed by atoms with Gasteiger partial charge in [0.2, 0.25) is 0 Å². The summed E-state index contributed by atoms with van der Waals surface area (Å²) in [5.74, 6) is 0.0206. The number of carbonyl (C=O) groups excluding carboxylic acids is 1. The molecule has 3 nitrogen and oxygen atoms in total. The van der Waals surface area contributed by atoms with Crippen LogP contribution in [0.2, 0.25) is 18.1 Å². The van der Waals surface area contributed by atoms with Gasteiger partial charge in [0, 0.05) is 6.10 Å². The molecule has 0 N–H and O–H groups in total. The fourth-order valence-corrected chi connectivity index (χ4v) is 3.09. The molecule has 1 rings (SSSR count). The van der Waals surface area contributed by atoms with Crippen molar-refractivity contribution in [3.8, 4) is 0 Å². The molecule has 1 aliphatic carbocycles. The summed E-state index contributed by atoms with van der Waals surface area (Å²) in [6.07, 6.45) is 1.95. The van der Waals surface area contributed by atoms with Crippen molar-refractivity contribution in [3.05, 3.63) is 0 Å². The quantitative estimate of drug-likeness (QED) is 0.573. The maximum absolute atomic E-state index is 11.5. The molecule has 0 atom stereocenters. The van der Waals surface area contributed by atoms with Crippen LogP contribution in [-0.2, 0) is 14.0 Å². The maximum Gasteiger partial charge on any atom is 0.309 e. The molecule has 0 heterocycles. The first-order valence-electron chi connectivity index (χ1n) is 6.52. The largest absolute Gasteiger partial charge is 0.466 e. The van der Waals surface area contributed by atoms with Crippen LogP contribution < -0.4 is 0 Å². The molecule has 0 aromatic rings. The van der Waals surface area contributed by atoms with Gasteiger partial charge >= 0.3 is 5.97 Å². The summed E-state index contributed by atoms with van der Waals surface area (Å²) in [5, 5.41) is 0.238. The Labute approximate surface area is 106 Å². The van der Waals surface area contributed by atoms with E-state index in [1.54, 1.807) is 0 Å². The van der Waals surface area contributed by atoms with E-state index in [2.05, 4.69) is 33.9 Å². The highest BCUT2D eigenvalue weighted by Crippen LogP contribution is 2.41. The van der Waals surface area contributed by atoms with Crippen LogP contribution >= 0.6 is 0 Å². The van der Waals surface area contributed by atoms with Crippen molar-refractivity contribution in [2.75, 3.05) is 6.61 Å². The van der Waals surface area contributed by atoms with Gasteiger partial charge in [0.05, 0.1) is 12.5 Å². The van der Waals surface area contributed by atoms with Crippen molar-refractivity contribution in [3.63, 3.8) is 0 Å². The molecular formula is C13H26O3Si. The van der Waals surface area contributed by atoms with Crippen LogP contribution in [0.4, 0.5) is 0 Å². The van der Waals surface area contributed by atoms with Gasteiger partial charge in [-0.15, -0.1) is 0 Å². The number of esters is 1. The average Bonchev–Trinajstić information content (AvgIpc) is 2.08. The van der Waals surface area contributed by atoms with E-state index in [1.807, 2.05) is 6.92 Å². The molecule has 1 saturated carbocycles. The lowest BCUT2D eigenvalue weighted by Crippen LogP contribution is -2.48. The Morgan fingerprint density at radius 3 is 2.24 bits per heavy atom. The van der Waals surface area contributed by atoms with E-state index >= 15 is 0 Å². The van der Waals surface area contributed by atoms with Gasteiger partial charge in [-0.05, 0) is 37.9 Å². The predicted molar refractivity (Wildman–Crippen MR) is 71.4 cm³/mol. The van der Waals surface area contributed by atoms with Crippen molar-refractivity contribution < 1.29 is 14.0 Å². The maximum atomic E-state index is 11.5. The Morgan fingerprint density at radius 1 is 1.29 bits per heavy atom. The minimum absolute atomic E-state index is 0.0532. The Morgan fingerprint density at radius 2 is 1.82 bits per heavy atom. The first-order valence-corrected chi connectivity index (χ1v) is 9.42. The normalized spacial score (nSPS) is 25.3. The Bertz CT molecular complexity index is 275. The lowest BCUT2D eigenvalue weighted by atomic mass is 9.83. The number of hydrogen-bond acceptors (Lipinski definition) is 3. The van der Waals surface area contributed by atoms with E-state index in [0.29, 0.717) is 6.61 Å². The Kier molecular flexibility index (Phi) is 4.41. The third-order valence-electron chi connectivity index (χ3n) is 3.98. The fraction of sp³-hybridized carbons (Fsp3) is 0.923. The van der Waals surface area contributed by atoms with Gasteiger partial charge in [-0.1, -0.05) is 20.8 Å². The summed E-state index contributed by atoms with van der Waals surface area (Å²) in [4.78, 5) is 11.5. The highest BCUT2D eigenvalue weighted by Gasteiger charge is 2.44. The van der Waals surface area contributed by atoms with Crippen LogP contribution in [-0.4, -0.2) is 27.0 Å². The summed E-state index contributed by atoms with van der Waals surface area (Å²) in [7, 11) is -1.67. The second kappa shape index (κ2) is 5.10. The highest BCUT2D eigenvalue weighted by atomic mass is 28.4. The predicted octanol–water partition coefficient (Wildman–Crippen LogP) is 3.35. The summed E-state index contributed by atoms with van der Waals surface area (Å²) < 4.78 is 11.2. The van der Waals surface area contributed by atoms with Crippen LogP contribution in [0.3, 0.4) is 0 Å². The van der Waals surface area contributed by atoms with Gasteiger partial charge in [0.25, 0.3) is 0 Å². The van der Waals surface area contributed by atoms with E-state index in [0.717, 1.165) is 12.8 Å². The zero-order chi connectivity index (χ0) is 13.3. The molecule has 100 valence electrons. The van der Waals surface area contributed by atoms with Gasteiger partial charge in [0.1, 0.15) is 0 Å². The Balaban J connectivity index is 2.37. The molecule has 17 heavy (non-hydrogen) atoms. The number of carbonyl (C=O) groups is 1. The minimum Gasteiger partial charge on any atom is -0.466 e. The molecule has 0 aromatic carbocycles. The molecule has 0 unspecified atom stereocenters. The molecule has 0 radical (unpaired) electrons. The third kappa shape index (κ3) is 3.55. The molecule has 0 amide bonds. The van der Waals surface area contributed by atoms with Crippen molar-refractivity contribution >= 4 is 14.3 Å². The second-order valence-electron chi connectivity index (χ2n) is 6.42. The molecule has 4 heteroatoms. The van der Waals surface area contributed by atoms with E-state index in [-0.39, 0.29) is 23.0 Å². The Hall–Kier alpha value is -0.353. The minimum atomic E-state index is -1.67. The topological polar surface area (TPSA) is 35.5 Å². The van der Waals surface area contributed by atoms with Gasteiger partial charge < -0.3 is 9.16 Å². The van der Waals surface area contributed by atoms with Gasteiger partial charge in [-0.2, -0.15) is 0 Å². The highest BCUT2D eigenvalue weighted by molar-refractivity contribution is 6.74. The van der Waals surface area contributed by atoms with E-state index in [4.69, 9.17) is 9.16 Å². The van der Waals surface area contributed by atoms with Crippen LogP contribution in [0.1, 0.15) is 40.5 Å². The van der Waals surface area contributed by atoms with E-state index in [9.17, 15) is 4.79 Å². The first-order chi connectivity index (χ1) is 7.67. The van der Waals surface area contributed by atoms with Crippen molar-refractivity contribution in [2.24, 2.45) is 5.92 Å². The van der Waals surface area contributed by atoms with Crippen LogP contribution in [0.5, 0.6) is 0 Å². The smallest absolute Gasteiger partial charge is 0.309 e. The summed E-state index contributed by atoms with van der Waals surface area (Å²) in [5.41, 5.74) is 0. The average molecular weight is 258 g/mol. The van der Waals surface area contributed by atoms with Crippen molar-refractivity contribution in [2.45, 2.75) is 64.8 Å². The molecule has 1 aliphatic rings. The van der Waals surface area contributed by atoms with E-state index < -0.39 is 8.32 Å². The second-order valence-corrected chi connectivity index (χ2v) is 11.2. The van der Waals surface area contributed by atoms with Crippen LogP contribution in [0, 0.1) is 5.92 Å². The lowest BCUT2D eigenvalue weighted by molar-refractivity contribution is -0.154. The zero-order valence-corrected chi connectivity index (χ0v) is 13.0. The zero-order valence-electron chi connectivity index (χ0n) is 12.0. The van der Waals surface area contributed by atoms with Crippen LogP contribution in [0.15, 0.2) is 0 Å². The number of hydrogen-bond donors (Lipinski definition) is 0. The molecule has 0 aromatic heterocycles. The molecule has 0 spiro atoms. The van der Waals surface area contributed by atoms with Crippen molar-refractivity contribution in [1.82, 2.24) is 0 Å². The van der Waals surface area contributed by atoms with Gasteiger partial charge in [0.15, 0.2) is 8.32 Å².